The van der Waals surface area contributed by atoms with Crippen molar-refractivity contribution in [2.75, 3.05) is 19.6 Å². The second-order valence-electron chi connectivity index (χ2n) is 8.61. The molecule has 0 spiro atoms. The van der Waals surface area contributed by atoms with Crippen LogP contribution in [-0.4, -0.2) is 47.8 Å². The van der Waals surface area contributed by atoms with Crippen molar-refractivity contribution < 1.29 is 13.2 Å². The van der Waals surface area contributed by atoms with Gasteiger partial charge in [0.25, 0.3) is 0 Å². The average Bonchev–Trinajstić information content (AvgIpc) is 2.98. The molecule has 1 saturated heterocycles. The molecule has 0 aliphatic carbocycles. The number of carbonyl (C=O) groups is 1. The van der Waals surface area contributed by atoms with E-state index < -0.39 is 10.0 Å². The number of carbonyl (C=O) groups excluding carboxylic acids is 1. The van der Waals surface area contributed by atoms with Crippen LogP contribution in [0.25, 0.3) is 11.0 Å². The van der Waals surface area contributed by atoms with E-state index in [1.807, 2.05) is 43.3 Å². The standard InChI is InChI=1S/C25H32N4O3S/c1-20-27-23-8-4-5-9-24(23)29(20)19-16-26-25(30)15-12-21-10-13-22(14-11-21)33(31,32)28-17-6-2-3-7-18-28/h4-5,8-11,13-14H,2-3,6-7,12,15-19H2,1H3,(H,26,30). The number of hydrogen-bond acceptors (Lipinski definition) is 4. The van der Waals surface area contributed by atoms with E-state index in [9.17, 15) is 13.2 Å². The van der Waals surface area contributed by atoms with Crippen LogP contribution in [0.2, 0.25) is 0 Å². The number of imidazole rings is 1. The normalized spacial score (nSPS) is 15.4. The van der Waals surface area contributed by atoms with Crippen molar-refractivity contribution >= 4 is 27.0 Å². The van der Waals surface area contributed by atoms with Crippen LogP contribution in [0.5, 0.6) is 0 Å². The molecule has 33 heavy (non-hydrogen) atoms. The second kappa shape index (κ2) is 10.5. The van der Waals surface area contributed by atoms with E-state index in [4.69, 9.17) is 0 Å². The van der Waals surface area contributed by atoms with E-state index in [0.29, 0.717) is 43.9 Å². The maximum atomic E-state index is 12.9. The number of rotatable bonds is 8. The van der Waals surface area contributed by atoms with Crippen LogP contribution in [0.4, 0.5) is 0 Å². The molecule has 3 aromatic rings. The highest BCUT2D eigenvalue weighted by Gasteiger charge is 2.24. The van der Waals surface area contributed by atoms with Crippen LogP contribution in [-0.2, 0) is 27.8 Å². The summed E-state index contributed by atoms with van der Waals surface area (Å²) in [5, 5.41) is 2.98. The van der Waals surface area contributed by atoms with Gasteiger partial charge in [-0.15, -0.1) is 0 Å². The molecule has 1 amide bonds. The number of aromatic nitrogens is 2. The number of hydrogen-bond donors (Lipinski definition) is 1. The van der Waals surface area contributed by atoms with Crippen molar-refractivity contribution in [2.24, 2.45) is 0 Å². The Morgan fingerprint density at radius 3 is 2.42 bits per heavy atom. The predicted octanol–water partition coefficient (Wildman–Crippen LogP) is 3.66. The quantitative estimate of drug-likeness (QED) is 0.547. The molecule has 8 heteroatoms. The fourth-order valence-corrected chi connectivity index (χ4v) is 5.91. The fourth-order valence-electron chi connectivity index (χ4n) is 4.39. The number of nitrogens with zero attached hydrogens (tertiary/aromatic N) is 3. The van der Waals surface area contributed by atoms with E-state index in [2.05, 4.69) is 14.9 Å². The number of para-hydroxylation sites is 2. The Balaban J connectivity index is 1.26. The molecule has 1 aliphatic rings. The largest absolute Gasteiger partial charge is 0.354 e. The highest BCUT2D eigenvalue weighted by molar-refractivity contribution is 7.89. The van der Waals surface area contributed by atoms with Gasteiger partial charge in [0.05, 0.1) is 15.9 Å². The Morgan fingerprint density at radius 2 is 1.70 bits per heavy atom. The molecule has 1 N–H and O–H groups in total. The van der Waals surface area contributed by atoms with E-state index >= 15 is 0 Å². The molecule has 2 heterocycles. The molecule has 4 rings (SSSR count). The third kappa shape index (κ3) is 5.62. The minimum absolute atomic E-state index is 0.0154. The lowest BCUT2D eigenvalue weighted by Crippen LogP contribution is -2.31. The highest BCUT2D eigenvalue weighted by Crippen LogP contribution is 2.21. The highest BCUT2D eigenvalue weighted by atomic mass is 32.2. The summed E-state index contributed by atoms with van der Waals surface area (Å²) in [6.07, 6.45) is 4.95. The molecule has 2 aromatic carbocycles. The van der Waals surface area contributed by atoms with Crippen LogP contribution in [0.3, 0.4) is 0 Å². The summed E-state index contributed by atoms with van der Waals surface area (Å²) in [6.45, 7) is 4.37. The first-order chi connectivity index (χ1) is 15.9. The Kier molecular flexibility index (Phi) is 7.45. The minimum atomic E-state index is -3.44. The minimum Gasteiger partial charge on any atom is -0.354 e. The van der Waals surface area contributed by atoms with Crippen molar-refractivity contribution in [3.05, 3.63) is 59.9 Å². The Bertz CT molecular complexity index is 1190. The number of amides is 1. The van der Waals surface area contributed by atoms with Crippen molar-refractivity contribution in [3.8, 4) is 0 Å². The SMILES string of the molecule is Cc1nc2ccccc2n1CCNC(=O)CCc1ccc(S(=O)(=O)N2CCCCCC2)cc1. The monoisotopic (exact) mass is 468 g/mol. The lowest BCUT2D eigenvalue weighted by molar-refractivity contribution is -0.121. The van der Waals surface area contributed by atoms with Gasteiger partial charge in [-0.1, -0.05) is 37.1 Å². The second-order valence-corrected chi connectivity index (χ2v) is 10.5. The summed E-state index contributed by atoms with van der Waals surface area (Å²) < 4.78 is 29.5. The van der Waals surface area contributed by atoms with Gasteiger partial charge in [-0.25, -0.2) is 13.4 Å². The zero-order valence-corrected chi connectivity index (χ0v) is 20.0. The molecular formula is C25H32N4O3S. The molecule has 0 radical (unpaired) electrons. The molecule has 0 bridgehead atoms. The number of fused-ring (bicyclic) bond motifs is 1. The first kappa shape index (κ1) is 23.4. The molecule has 176 valence electrons. The van der Waals surface area contributed by atoms with Gasteiger partial charge in [0.2, 0.25) is 15.9 Å². The van der Waals surface area contributed by atoms with Crippen LogP contribution in [0.1, 0.15) is 43.5 Å². The van der Waals surface area contributed by atoms with Crippen molar-refractivity contribution in [3.63, 3.8) is 0 Å². The summed E-state index contributed by atoms with van der Waals surface area (Å²) in [5.74, 6) is 0.916. The van der Waals surface area contributed by atoms with Crippen molar-refractivity contribution in [1.82, 2.24) is 19.2 Å². The van der Waals surface area contributed by atoms with Gasteiger partial charge in [-0.05, 0) is 56.0 Å². The smallest absolute Gasteiger partial charge is 0.243 e. The fraction of sp³-hybridized carbons (Fsp3) is 0.440. The third-order valence-corrected chi connectivity index (χ3v) is 8.18. The van der Waals surface area contributed by atoms with Crippen LogP contribution >= 0.6 is 0 Å². The molecular weight excluding hydrogens is 436 g/mol. The topological polar surface area (TPSA) is 84.3 Å². The van der Waals surface area contributed by atoms with Crippen LogP contribution < -0.4 is 5.32 Å². The summed E-state index contributed by atoms with van der Waals surface area (Å²) in [4.78, 5) is 17.2. The number of sulfonamides is 1. The summed E-state index contributed by atoms with van der Waals surface area (Å²) in [6, 6.07) is 15.0. The van der Waals surface area contributed by atoms with Gasteiger partial charge in [0.15, 0.2) is 0 Å². The molecule has 1 aliphatic heterocycles. The van der Waals surface area contributed by atoms with Crippen molar-refractivity contribution in [1.29, 1.82) is 0 Å². The maximum Gasteiger partial charge on any atom is 0.243 e. The van der Waals surface area contributed by atoms with Gasteiger partial charge in [0, 0.05) is 32.6 Å². The predicted molar refractivity (Wildman–Crippen MR) is 129 cm³/mol. The zero-order chi connectivity index (χ0) is 23.3. The van der Waals surface area contributed by atoms with E-state index in [-0.39, 0.29) is 5.91 Å². The number of nitrogens with one attached hydrogen (secondary N) is 1. The van der Waals surface area contributed by atoms with Gasteiger partial charge in [-0.2, -0.15) is 4.31 Å². The molecule has 0 unspecified atom stereocenters. The van der Waals surface area contributed by atoms with E-state index in [1.165, 1.54) is 0 Å². The Morgan fingerprint density at radius 1 is 1.00 bits per heavy atom. The molecule has 0 atom stereocenters. The van der Waals surface area contributed by atoms with Crippen LogP contribution in [0, 0.1) is 6.92 Å². The van der Waals surface area contributed by atoms with Crippen molar-refractivity contribution in [2.45, 2.75) is 56.9 Å². The van der Waals surface area contributed by atoms with Crippen LogP contribution in [0.15, 0.2) is 53.4 Å². The Labute approximate surface area is 195 Å². The van der Waals surface area contributed by atoms with Gasteiger partial charge in [0.1, 0.15) is 5.82 Å². The van der Waals surface area contributed by atoms with E-state index in [1.54, 1.807) is 16.4 Å². The molecule has 0 saturated carbocycles. The third-order valence-electron chi connectivity index (χ3n) is 6.27. The molecule has 7 nitrogen and oxygen atoms in total. The summed E-state index contributed by atoms with van der Waals surface area (Å²) in [7, 11) is -3.44. The van der Waals surface area contributed by atoms with E-state index in [0.717, 1.165) is 48.1 Å². The van der Waals surface area contributed by atoms with Gasteiger partial charge >= 0.3 is 0 Å². The summed E-state index contributed by atoms with van der Waals surface area (Å²) in [5.41, 5.74) is 2.98. The first-order valence-corrected chi connectivity index (χ1v) is 13.2. The Hall–Kier alpha value is -2.71. The number of benzene rings is 2. The van der Waals surface area contributed by atoms with Gasteiger partial charge in [-0.3, -0.25) is 4.79 Å². The zero-order valence-electron chi connectivity index (χ0n) is 19.2. The maximum absolute atomic E-state index is 12.9. The lowest BCUT2D eigenvalue weighted by atomic mass is 10.1. The number of aryl methyl sites for hydroxylation is 2. The first-order valence-electron chi connectivity index (χ1n) is 11.7. The lowest BCUT2D eigenvalue weighted by Gasteiger charge is -2.20. The molecule has 1 fully saturated rings. The summed E-state index contributed by atoms with van der Waals surface area (Å²) >= 11 is 0. The average molecular weight is 469 g/mol. The molecule has 1 aromatic heterocycles. The van der Waals surface area contributed by atoms with Gasteiger partial charge < -0.3 is 9.88 Å².